The van der Waals surface area contributed by atoms with E-state index in [1.165, 1.54) is 0 Å². The lowest BCUT2D eigenvalue weighted by Gasteiger charge is -2.12. The number of aliphatic hydroxyl groups excluding tert-OH is 1. The Morgan fingerprint density at radius 3 is 2.52 bits per heavy atom. The highest BCUT2D eigenvalue weighted by Crippen LogP contribution is 2.22. The van der Waals surface area contributed by atoms with Gasteiger partial charge in [0.15, 0.2) is 0 Å². The molecule has 5 heteroatoms. The van der Waals surface area contributed by atoms with Gasteiger partial charge >= 0.3 is 0 Å². The number of aliphatic hydroxyl groups is 1. The van der Waals surface area contributed by atoms with Crippen molar-refractivity contribution in [1.82, 2.24) is 9.88 Å². The van der Waals surface area contributed by atoms with Crippen LogP contribution < -0.4 is 5.32 Å². The number of rotatable bonds is 4. The molecule has 2 N–H and O–H groups in total. The molecule has 0 saturated carbocycles. The van der Waals surface area contributed by atoms with E-state index >= 15 is 0 Å². The average molecular weight is 351 g/mol. The molecule has 112 valence electrons. The summed E-state index contributed by atoms with van der Waals surface area (Å²) >= 11 is 3.42. The van der Waals surface area contributed by atoms with Gasteiger partial charge in [-0.2, -0.15) is 0 Å². The molecule has 21 heavy (non-hydrogen) atoms. The summed E-state index contributed by atoms with van der Waals surface area (Å²) in [5.41, 5.74) is 3.53. The van der Waals surface area contributed by atoms with Crippen molar-refractivity contribution in [2.24, 2.45) is 0 Å². The summed E-state index contributed by atoms with van der Waals surface area (Å²) in [5.74, 6) is -0.159. The number of aromatic nitrogens is 1. The number of nitrogens with one attached hydrogen (secondary N) is 1. The number of hydrogen-bond acceptors (Lipinski definition) is 2. The Morgan fingerprint density at radius 2 is 1.95 bits per heavy atom. The first kappa shape index (κ1) is 15.8. The lowest BCUT2D eigenvalue weighted by atomic mass is 10.2. The van der Waals surface area contributed by atoms with E-state index in [9.17, 15) is 4.79 Å². The molecule has 1 heterocycles. The minimum absolute atomic E-state index is 0.0722. The van der Waals surface area contributed by atoms with Crippen molar-refractivity contribution < 1.29 is 9.90 Å². The van der Waals surface area contributed by atoms with Crippen LogP contribution in [0.25, 0.3) is 5.69 Å². The summed E-state index contributed by atoms with van der Waals surface area (Å²) in [5, 5.41) is 11.8. The van der Waals surface area contributed by atoms with Gasteiger partial charge in [-0.1, -0.05) is 15.9 Å². The van der Waals surface area contributed by atoms with Gasteiger partial charge in [0.05, 0.1) is 12.2 Å². The van der Waals surface area contributed by atoms with E-state index in [1.54, 1.807) is 6.92 Å². The minimum Gasteiger partial charge on any atom is -0.394 e. The summed E-state index contributed by atoms with van der Waals surface area (Å²) in [7, 11) is 0. The van der Waals surface area contributed by atoms with Crippen LogP contribution in [0.5, 0.6) is 0 Å². The fourth-order valence-corrected chi connectivity index (χ4v) is 2.59. The molecule has 4 nitrogen and oxygen atoms in total. The molecule has 1 aromatic carbocycles. The standard InChI is InChI=1S/C16H19BrN2O2/c1-10(9-20)18-16(21)15-8-11(2)19(12(15)3)14-6-4-13(17)5-7-14/h4-8,10,20H,9H2,1-3H3,(H,18,21)/t10-/m1/s1. The zero-order chi connectivity index (χ0) is 15.6. The number of hydrogen-bond donors (Lipinski definition) is 2. The van der Waals surface area contributed by atoms with Crippen LogP contribution in [0.15, 0.2) is 34.8 Å². The number of benzene rings is 1. The van der Waals surface area contributed by atoms with E-state index in [4.69, 9.17) is 5.11 Å². The zero-order valence-electron chi connectivity index (χ0n) is 12.4. The Bertz CT molecular complexity index is 647. The molecular weight excluding hydrogens is 332 g/mol. The van der Waals surface area contributed by atoms with Gasteiger partial charge in [-0.3, -0.25) is 4.79 Å². The number of carbonyl (C=O) groups excluding carboxylic acids is 1. The maximum atomic E-state index is 12.2. The average Bonchev–Trinajstić information content (AvgIpc) is 2.75. The summed E-state index contributed by atoms with van der Waals surface area (Å²) < 4.78 is 3.06. The Balaban J connectivity index is 2.38. The SMILES string of the molecule is Cc1cc(C(=O)N[C@H](C)CO)c(C)n1-c1ccc(Br)cc1. The van der Waals surface area contributed by atoms with Crippen LogP contribution >= 0.6 is 15.9 Å². The molecule has 0 aliphatic rings. The van der Waals surface area contributed by atoms with Gasteiger partial charge in [-0.05, 0) is 51.1 Å². The fourth-order valence-electron chi connectivity index (χ4n) is 2.33. The number of halogens is 1. The van der Waals surface area contributed by atoms with Crippen LogP contribution in [0.4, 0.5) is 0 Å². The molecule has 2 aromatic rings. The molecule has 2 rings (SSSR count). The molecule has 0 spiro atoms. The largest absolute Gasteiger partial charge is 0.394 e. The Hall–Kier alpha value is -1.59. The van der Waals surface area contributed by atoms with Crippen LogP contribution in [0, 0.1) is 13.8 Å². The maximum absolute atomic E-state index is 12.2. The third-order valence-electron chi connectivity index (χ3n) is 3.41. The Morgan fingerprint density at radius 1 is 1.33 bits per heavy atom. The van der Waals surface area contributed by atoms with Crippen LogP contribution in [0.3, 0.4) is 0 Å². The van der Waals surface area contributed by atoms with Crippen molar-refractivity contribution in [2.75, 3.05) is 6.61 Å². The first-order valence-corrected chi connectivity index (χ1v) is 7.60. The third kappa shape index (κ3) is 3.36. The lowest BCUT2D eigenvalue weighted by molar-refractivity contribution is 0.0921. The van der Waals surface area contributed by atoms with Gasteiger partial charge in [0.25, 0.3) is 5.91 Å². The van der Waals surface area contributed by atoms with Crippen LogP contribution in [0.2, 0.25) is 0 Å². The van der Waals surface area contributed by atoms with Gasteiger partial charge in [0.2, 0.25) is 0 Å². The molecule has 0 fully saturated rings. The third-order valence-corrected chi connectivity index (χ3v) is 3.94. The van der Waals surface area contributed by atoms with Crippen LogP contribution in [-0.2, 0) is 0 Å². The van der Waals surface area contributed by atoms with E-state index in [0.717, 1.165) is 21.5 Å². The Kier molecular flexibility index (Phi) is 4.85. The molecule has 1 aromatic heterocycles. The van der Waals surface area contributed by atoms with Gasteiger partial charge < -0.3 is 15.0 Å². The topological polar surface area (TPSA) is 54.3 Å². The molecule has 0 radical (unpaired) electrons. The molecule has 0 saturated heterocycles. The normalized spacial score (nSPS) is 12.2. The summed E-state index contributed by atoms with van der Waals surface area (Å²) in [6.07, 6.45) is 0. The molecule has 1 atom stereocenters. The fraction of sp³-hybridized carbons (Fsp3) is 0.312. The Labute approximate surface area is 132 Å². The van der Waals surface area contributed by atoms with Gasteiger partial charge in [-0.25, -0.2) is 0 Å². The first-order valence-electron chi connectivity index (χ1n) is 6.80. The minimum atomic E-state index is -0.256. The quantitative estimate of drug-likeness (QED) is 0.890. The summed E-state index contributed by atoms with van der Waals surface area (Å²) in [6.45, 7) is 5.60. The summed E-state index contributed by atoms with van der Waals surface area (Å²) in [6, 6.07) is 9.57. The summed E-state index contributed by atoms with van der Waals surface area (Å²) in [4.78, 5) is 12.2. The highest BCUT2D eigenvalue weighted by molar-refractivity contribution is 9.10. The van der Waals surface area contributed by atoms with E-state index in [1.807, 2.05) is 48.7 Å². The van der Waals surface area contributed by atoms with Crippen molar-refractivity contribution in [1.29, 1.82) is 0 Å². The van der Waals surface area contributed by atoms with Crippen molar-refractivity contribution in [3.63, 3.8) is 0 Å². The van der Waals surface area contributed by atoms with Crippen molar-refractivity contribution in [2.45, 2.75) is 26.8 Å². The monoisotopic (exact) mass is 350 g/mol. The second kappa shape index (κ2) is 6.45. The highest BCUT2D eigenvalue weighted by Gasteiger charge is 2.17. The van der Waals surface area contributed by atoms with Gasteiger partial charge in [-0.15, -0.1) is 0 Å². The molecule has 0 aliphatic carbocycles. The predicted octanol–water partition coefficient (Wildman–Crippen LogP) is 2.97. The molecule has 1 amide bonds. The second-order valence-corrected chi connectivity index (χ2v) is 6.07. The van der Waals surface area contributed by atoms with Crippen LogP contribution in [-0.4, -0.2) is 28.2 Å². The zero-order valence-corrected chi connectivity index (χ0v) is 13.9. The predicted molar refractivity (Wildman–Crippen MR) is 87.0 cm³/mol. The maximum Gasteiger partial charge on any atom is 0.253 e. The highest BCUT2D eigenvalue weighted by atomic mass is 79.9. The van der Waals surface area contributed by atoms with E-state index < -0.39 is 0 Å². The molecule has 0 aliphatic heterocycles. The number of carbonyl (C=O) groups is 1. The van der Waals surface area contributed by atoms with Gasteiger partial charge in [0.1, 0.15) is 0 Å². The van der Waals surface area contributed by atoms with E-state index in [0.29, 0.717) is 5.56 Å². The van der Waals surface area contributed by atoms with E-state index in [-0.39, 0.29) is 18.6 Å². The van der Waals surface area contributed by atoms with Crippen LogP contribution in [0.1, 0.15) is 28.7 Å². The van der Waals surface area contributed by atoms with Gasteiger partial charge in [0, 0.05) is 27.6 Å². The van der Waals surface area contributed by atoms with E-state index in [2.05, 4.69) is 21.2 Å². The number of amides is 1. The van der Waals surface area contributed by atoms with Crippen molar-refractivity contribution >= 4 is 21.8 Å². The first-order chi connectivity index (χ1) is 9.93. The molecule has 0 bridgehead atoms. The number of aryl methyl sites for hydroxylation is 1. The molecule has 0 unspecified atom stereocenters. The van der Waals surface area contributed by atoms with Crippen molar-refractivity contribution in [3.8, 4) is 5.69 Å². The number of nitrogens with zero attached hydrogens (tertiary/aromatic N) is 1. The lowest BCUT2D eigenvalue weighted by Crippen LogP contribution is -2.35. The second-order valence-electron chi connectivity index (χ2n) is 5.15. The smallest absolute Gasteiger partial charge is 0.253 e. The van der Waals surface area contributed by atoms with Crippen molar-refractivity contribution in [3.05, 3.63) is 51.8 Å². The molecular formula is C16H19BrN2O2.